The predicted octanol–water partition coefficient (Wildman–Crippen LogP) is 2.71. The van der Waals surface area contributed by atoms with E-state index in [0.717, 1.165) is 5.82 Å². The van der Waals surface area contributed by atoms with Crippen LogP contribution in [0.15, 0.2) is 42.9 Å². The van der Waals surface area contributed by atoms with Gasteiger partial charge in [0.15, 0.2) is 5.78 Å². The van der Waals surface area contributed by atoms with Crippen molar-refractivity contribution in [1.82, 2.24) is 9.55 Å². The molecule has 2 aromatic rings. The predicted molar refractivity (Wildman–Crippen MR) is 62.7 cm³/mol. The van der Waals surface area contributed by atoms with Crippen molar-refractivity contribution in [3.8, 4) is 5.82 Å². The third kappa shape index (κ3) is 2.03. The lowest BCUT2D eigenvalue weighted by Crippen LogP contribution is -2.08. The maximum atomic E-state index is 11.7. The average molecular weight is 214 g/mol. The fraction of sp³-hybridized carbons (Fsp3) is 0.231. The first-order valence-corrected chi connectivity index (χ1v) is 5.32. The van der Waals surface area contributed by atoms with Crippen LogP contribution in [0.4, 0.5) is 0 Å². The van der Waals surface area contributed by atoms with Crippen molar-refractivity contribution >= 4 is 5.78 Å². The third-order valence-corrected chi connectivity index (χ3v) is 2.43. The Kier molecular flexibility index (Phi) is 2.86. The topological polar surface area (TPSA) is 34.9 Å². The molecule has 2 aromatic heterocycles. The van der Waals surface area contributed by atoms with E-state index < -0.39 is 0 Å². The summed E-state index contributed by atoms with van der Waals surface area (Å²) in [5, 5.41) is 0. The molecule has 0 radical (unpaired) electrons. The average Bonchev–Trinajstić information content (AvgIpc) is 2.81. The van der Waals surface area contributed by atoms with E-state index in [-0.39, 0.29) is 11.7 Å². The summed E-state index contributed by atoms with van der Waals surface area (Å²) in [6, 6.07) is 7.56. The van der Waals surface area contributed by atoms with Crippen LogP contribution in [-0.2, 0) is 0 Å². The number of aromatic nitrogens is 2. The molecule has 0 bridgehead atoms. The van der Waals surface area contributed by atoms with E-state index >= 15 is 0 Å². The Hall–Kier alpha value is -1.90. The molecule has 2 rings (SSSR count). The highest BCUT2D eigenvalue weighted by Gasteiger charge is 2.10. The monoisotopic (exact) mass is 214 g/mol. The first-order valence-electron chi connectivity index (χ1n) is 5.32. The maximum Gasteiger partial charge on any atom is 0.166 e. The summed E-state index contributed by atoms with van der Waals surface area (Å²) in [5.41, 5.74) is 0.672. The van der Waals surface area contributed by atoms with Gasteiger partial charge in [-0.15, -0.1) is 0 Å². The Morgan fingerprint density at radius 2 is 1.94 bits per heavy atom. The minimum absolute atomic E-state index is 0.0132. The lowest BCUT2D eigenvalue weighted by atomic mass is 10.0. The van der Waals surface area contributed by atoms with Crippen molar-refractivity contribution < 1.29 is 4.79 Å². The highest BCUT2D eigenvalue weighted by Crippen LogP contribution is 2.10. The number of nitrogens with zero attached hydrogens (tertiary/aromatic N) is 2. The van der Waals surface area contributed by atoms with Gasteiger partial charge in [0.2, 0.25) is 0 Å². The summed E-state index contributed by atoms with van der Waals surface area (Å²) in [5.74, 6) is 0.969. The second kappa shape index (κ2) is 4.31. The zero-order valence-corrected chi connectivity index (χ0v) is 9.42. The highest BCUT2D eigenvalue weighted by atomic mass is 16.1. The number of ketones is 1. The second-order valence-corrected chi connectivity index (χ2v) is 4.01. The van der Waals surface area contributed by atoms with Crippen molar-refractivity contribution in [3.05, 3.63) is 48.4 Å². The Balaban J connectivity index is 2.27. The molecule has 0 aliphatic heterocycles. The van der Waals surface area contributed by atoms with Gasteiger partial charge in [-0.05, 0) is 24.3 Å². The number of carbonyl (C=O) groups excluding carboxylic acids is 1. The summed E-state index contributed by atoms with van der Waals surface area (Å²) in [7, 11) is 0. The molecule has 0 unspecified atom stereocenters. The molecule has 2 heterocycles. The summed E-state index contributed by atoms with van der Waals surface area (Å²) < 4.78 is 1.91. The van der Waals surface area contributed by atoms with Gasteiger partial charge >= 0.3 is 0 Å². The number of rotatable bonds is 3. The number of Topliss-reactive ketones (excluding diaryl/α,β-unsaturated/α-hetero) is 1. The summed E-state index contributed by atoms with van der Waals surface area (Å²) in [6.07, 6.45) is 5.48. The van der Waals surface area contributed by atoms with Gasteiger partial charge in [0.25, 0.3) is 0 Å². The quantitative estimate of drug-likeness (QED) is 0.736. The van der Waals surface area contributed by atoms with Crippen molar-refractivity contribution in [3.63, 3.8) is 0 Å². The maximum absolute atomic E-state index is 11.7. The molecule has 0 fully saturated rings. The zero-order chi connectivity index (χ0) is 11.5. The number of hydrogen-bond acceptors (Lipinski definition) is 2. The van der Waals surface area contributed by atoms with Crippen LogP contribution in [0.1, 0.15) is 24.2 Å². The Morgan fingerprint density at radius 1 is 1.25 bits per heavy atom. The SMILES string of the molecule is CC(C)C(=O)c1ccc(-n2cccc2)nc1. The summed E-state index contributed by atoms with van der Waals surface area (Å²) in [4.78, 5) is 16.0. The van der Waals surface area contributed by atoms with Crippen LogP contribution in [0.25, 0.3) is 5.82 Å². The molecule has 0 aliphatic carbocycles. The van der Waals surface area contributed by atoms with Gasteiger partial charge in [-0.2, -0.15) is 0 Å². The van der Waals surface area contributed by atoms with Crippen LogP contribution >= 0.6 is 0 Å². The van der Waals surface area contributed by atoms with Crippen LogP contribution in [0.2, 0.25) is 0 Å². The van der Waals surface area contributed by atoms with Gasteiger partial charge in [0.05, 0.1) is 0 Å². The molecule has 0 amide bonds. The minimum Gasteiger partial charge on any atom is -0.309 e. The van der Waals surface area contributed by atoms with Gasteiger partial charge in [-0.3, -0.25) is 4.79 Å². The van der Waals surface area contributed by atoms with Crippen molar-refractivity contribution in [1.29, 1.82) is 0 Å². The minimum atomic E-state index is 0.0132. The Morgan fingerprint density at radius 3 is 2.44 bits per heavy atom. The fourth-order valence-corrected chi connectivity index (χ4v) is 1.51. The molecule has 3 nitrogen and oxygen atoms in total. The van der Waals surface area contributed by atoms with E-state index in [9.17, 15) is 4.79 Å². The smallest absolute Gasteiger partial charge is 0.166 e. The Bertz CT molecular complexity index is 469. The second-order valence-electron chi connectivity index (χ2n) is 4.01. The van der Waals surface area contributed by atoms with Gasteiger partial charge in [-0.1, -0.05) is 13.8 Å². The van der Waals surface area contributed by atoms with Gasteiger partial charge in [0.1, 0.15) is 5.82 Å². The number of pyridine rings is 1. The van der Waals surface area contributed by atoms with Crippen LogP contribution in [0.3, 0.4) is 0 Å². The molecule has 16 heavy (non-hydrogen) atoms. The first kappa shape index (κ1) is 10.6. The van der Waals surface area contributed by atoms with E-state index in [4.69, 9.17) is 0 Å². The lowest BCUT2D eigenvalue weighted by Gasteiger charge is -2.05. The van der Waals surface area contributed by atoms with Crippen molar-refractivity contribution in [2.75, 3.05) is 0 Å². The molecule has 0 saturated heterocycles. The molecule has 0 aromatic carbocycles. The van der Waals surface area contributed by atoms with Gasteiger partial charge in [-0.25, -0.2) is 4.98 Å². The van der Waals surface area contributed by atoms with Gasteiger partial charge < -0.3 is 4.57 Å². The van der Waals surface area contributed by atoms with E-state index in [1.165, 1.54) is 0 Å². The molecule has 0 atom stereocenters. The summed E-state index contributed by atoms with van der Waals surface area (Å²) >= 11 is 0. The molecule has 82 valence electrons. The first-order chi connectivity index (χ1) is 7.68. The van der Waals surface area contributed by atoms with E-state index in [0.29, 0.717) is 5.56 Å². The summed E-state index contributed by atoms with van der Waals surface area (Å²) in [6.45, 7) is 3.78. The molecule has 0 N–H and O–H groups in total. The molecule has 0 aliphatic rings. The van der Waals surface area contributed by atoms with Crippen LogP contribution in [0.5, 0.6) is 0 Å². The van der Waals surface area contributed by atoms with Gasteiger partial charge in [0, 0.05) is 30.1 Å². The zero-order valence-electron chi connectivity index (χ0n) is 9.42. The van der Waals surface area contributed by atoms with Crippen LogP contribution < -0.4 is 0 Å². The lowest BCUT2D eigenvalue weighted by molar-refractivity contribution is 0.0939. The molecular formula is C13H14N2O. The van der Waals surface area contributed by atoms with Crippen LogP contribution in [0, 0.1) is 5.92 Å². The highest BCUT2D eigenvalue weighted by molar-refractivity contribution is 5.97. The fourth-order valence-electron chi connectivity index (χ4n) is 1.51. The number of carbonyl (C=O) groups is 1. The number of hydrogen-bond donors (Lipinski definition) is 0. The molecular weight excluding hydrogens is 200 g/mol. The van der Waals surface area contributed by atoms with E-state index in [1.807, 2.05) is 55.1 Å². The molecule has 0 spiro atoms. The van der Waals surface area contributed by atoms with Crippen LogP contribution in [-0.4, -0.2) is 15.3 Å². The molecule has 3 heteroatoms. The largest absolute Gasteiger partial charge is 0.309 e. The Labute approximate surface area is 94.7 Å². The molecule has 0 saturated carbocycles. The third-order valence-electron chi connectivity index (χ3n) is 2.43. The van der Waals surface area contributed by atoms with E-state index in [2.05, 4.69) is 4.98 Å². The van der Waals surface area contributed by atoms with Crippen molar-refractivity contribution in [2.45, 2.75) is 13.8 Å². The van der Waals surface area contributed by atoms with E-state index in [1.54, 1.807) is 6.20 Å². The standard InChI is InChI=1S/C13H14N2O/c1-10(2)13(16)11-5-6-12(14-9-11)15-7-3-4-8-15/h3-10H,1-2H3. The normalized spacial score (nSPS) is 10.7. The van der Waals surface area contributed by atoms with Crippen molar-refractivity contribution in [2.24, 2.45) is 5.92 Å².